The van der Waals surface area contributed by atoms with Crippen LogP contribution in [0.5, 0.6) is 0 Å². The van der Waals surface area contributed by atoms with Crippen LogP contribution in [0, 0.1) is 0 Å². The molecule has 1 heterocycles. The lowest BCUT2D eigenvalue weighted by molar-refractivity contribution is 0.816. The highest BCUT2D eigenvalue weighted by molar-refractivity contribution is 6.35. The summed E-state index contributed by atoms with van der Waals surface area (Å²) in [6.07, 6.45) is 3.17. The van der Waals surface area contributed by atoms with Crippen LogP contribution < -0.4 is 5.32 Å². The van der Waals surface area contributed by atoms with Gasteiger partial charge in [-0.25, -0.2) is 0 Å². The van der Waals surface area contributed by atoms with Crippen molar-refractivity contribution < 1.29 is 0 Å². The molecule has 11 heavy (non-hydrogen) atoms. The molecule has 0 unspecified atom stereocenters. The second kappa shape index (κ2) is 3.90. The SMILES string of the molecule is CNCc1c(Cl)cncc1Cl. The highest BCUT2D eigenvalue weighted by Crippen LogP contribution is 2.21. The summed E-state index contributed by atoms with van der Waals surface area (Å²) in [4.78, 5) is 3.84. The van der Waals surface area contributed by atoms with E-state index in [2.05, 4.69) is 10.3 Å². The van der Waals surface area contributed by atoms with Gasteiger partial charge in [0, 0.05) is 24.5 Å². The summed E-state index contributed by atoms with van der Waals surface area (Å²) in [5, 5.41) is 4.18. The summed E-state index contributed by atoms with van der Waals surface area (Å²) in [7, 11) is 1.84. The van der Waals surface area contributed by atoms with Gasteiger partial charge in [0.1, 0.15) is 0 Å². The third-order valence-corrected chi connectivity index (χ3v) is 1.96. The van der Waals surface area contributed by atoms with E-state index in [1.807, 2.05) is 7.05 Å². The van der Waals surface area contributed by atoms with Crippen molar-refractivity contribution in [3.8, 4) is 0 Å². The molecular weight excluding hydrogens is 183 g/mol. The molecule has 0 fully saturated rings. The van der Waals surface area contributed by atoms with Crippen LogP contribution in [0.4, 0.5) is 0 Å². The van der Waals surface area contributed by atoms with E-state index in [0.29, 0.717) is 16.6 Å². The smallest absolute Gasteiger partial charge is 0.0649 e. The van der Waals surface area contributed by atoms with E-state index in [1.54, 1.807) is 12.4 Å². The van der Waals surface area contributed by atoms with Gasteiger partial charge in [0.25, 0.3) is 0 Å². The first-order valence-corrected chi connectivity index (χ1v) is 3.93. The van der Waals surface area contributed by atoms with E-state index in [0.717, 1.165) is 5.56 Å². The number of hydrogen-bond donors (Lipinski definition) is 1. The predicted molar refractivity (Wildman–Crippen MR) is 47.0 cm³/mol. The molecule has 0 aliphatic carbocycles. The number of hydrogen-bond acceptors (Lipinski definition) is 2. The average Bonchev–Trinajstić information content (AvgIpc) is 1.97. The van der Waals surface area contributed by atoms with Gasteiger partial charge in [-0.05, 0) is 7.05 Å². The molecule has 0 amide bonds. The van der Waals surface area contributed by atoms with Crippen molar-refractivity contribution in [2.75, 3.05) is 7.05 Å². The summed E-state index contributed by atoms with van der Waals surface area (Å²) >= 11 is 11.6. The lowest BCUT2D eigenvalue weighted by Gasteiger charge is -2.03. The Morgan fingerprint density at radius 2 is 1.91 bits per heavy atom. The Balaban J connectivity index is 3.00. The fourth-order valence-electron chi connectivity index (χ4n) is 0.784. The molecule has 0 aliphatic heterocycles. The molecule has 1 aromatic rings. The minimum atomic E-state index is 0.604. The first kappa shape index (κ1) is 8.78. The zero-order valence-corrected chi connectivity index (χ0v) is 7.58. The van der Waals surface area contributed by atoms with Gasteiger partial charge < -0.3 is 5.32 Å². The predicted octanol–water partition coefficient (Wildman–Crippen LogP) is 2.11. The molecule has 0 spiro atoms. The van der Waals surface area contributed by atoms with E-state index in [-0.39, 0.29) is 0 Å². The van der Waals surface area contributed by atoms with E-state index < -0.39 is 0 Å². The van der Waals surface area contributed by atoms with Crippen molar-refractivity contribution in [3.05, 3.63) is 28.0 Å². The molecule has 60 valence electrons. The van der Waals surface area contributed by atoms with Crippen LogP contribution in [0.3, 0.4) is 0 Å². The van der Waals surface area contributed by atoms with Crippen LogP contribution in [0.25, 0.3) is 0 Å². The van der Waals surface area contributed by atoms with Gasteiger partial charge >= 0.3 is 0 Å². The summed E-state index contributed by atoms with van der Waals surface area (Å²) in [6.45, 7) is 0.667. The number of halogens is 2. The molecule has 0 bridgehead atoms. The Bertz CT molecular complexity index is 230. The highest BCUT2D eigenvalue weighted by atomic mass is 35.5. The Kier molecular flexibility index (Phi) is 3.12. The van der Waals surface area contributed by atoms with Gasteiger partial charge in [0.05, 0.1) is 10.0 Å². The second-order valence-electron chi connectivity index (χ2n) is 2.11. The van der Waals surface area contributed by atoms with E-state index in [4.69, 9.17) is 23.2 Å². The topological polar surface area (TPSA) is 24.9 Å². The number of pyridine rings is 1. The van der Waals surface area contributed by atoms with Crippen LogP contribution in [-0.2, 0) is 6.54 Å². The van der Waals surface area contributed by atoms with Crippen molar-refractivity contribution in [3.63, 3.8) is 0 Å². The monoisotopic (exact) mass is 190 g/mol. The van der Waals surface area contributed by atoms with Crippen molar-refractivity contribution in [1.29, 1.82) is 0 Å². The van der Waals surface area contributed by atoms with Crippen LogP contribution in [-0.4, -0.2) is 12.0 Å². The molecule has 0 aromatic carbocycles. The summed E-state index contributed by atoms with van der Waals surface area (Å²) in [6, 6.07) is 0. The molecule has 0 aliphatic rings. The maximum atomic E-state index is 5.82. The summed E-state index contributed by atoms with van der Waals surface area (Å²) < 4.78 is 0. The molecule has 4 heteroatoms. The minimum absolute atomic E-state index is 0.604. The quantitative estimate of drug-likeness (QED) is 0.774. The third-order valence-electron chi connectivity index (χ3n) is 1.31. The van der Waals surface area contributed by atoms with Crippen molar-refractivity contribution >= 4 is 23.2 Å². The van der Waals surface area contributed by atoms with Crippen LogP contribution in [0.1, 0.15) is 5.56 Å². The Hall–Kier alpha value is -0.310. The molecule has 1 N–H and O–H groups in total. The highest BCUT2D eigenvalue weighted by Gasteiger charge is 2.03. The first-order valence-electron chi connectivity index (χ1n) is 3.18. The molecule has 0 atom stereocenters. The van der Waals surface area contributed by atoms with E-state index in [9.17, 15) is 0 Å². The normalized spacial score (nSPS) is 10.1. The zero-order valence-electron chi connectivity index (χ0n) is 6.06. The van der Waals surface area contributed by atoms with Crippen molar-refractivity contribution in [2.45, 2.75) is 6.54 Å². The van der Waals surface area contributed by atoms with E-state index >= 15 is 0 Å². The van der Waals surface area contributed by atoms with Crippen molar-refractivity contribution in [2.24, 2.45) is 0 Å². The van der Waals surface area contributed by atoms with Gasteiger partial charge in [-0.2, -0.15) is 0 Å². The molecule has 0 radical (unpaired) electrons. The number of nitrogens with zero attached hydrogens (tertiary/aromatic N) is 1. The fourth-order valence-corrected chi connectivity index (χ4v) is 1.28. The molecular formula is C7H8Cl2N2. The molecule has 0 saturated heterocycles. The fraction of sp³-hybridized carbons (Fsp3) is 0.286. The van der Waals surface area contributed by atoms with E-state index in [1.165, 1.54) is 0 Å². The maximum absolute atomic E-state index is 5.82. The largest absolute Gasteiger partial charge is 0.316 e. The molecule has 1 aromatic heterocycles. The van der Waals surface area contributed by atoms with Gasteiger partial charge in [-0.1, -0.05) is 23.2 Å². The number of aromatic nitrogens is 1. The standard InChI is InChI=1S/C7H8Cl2N2/c1-10-2-5-6(8)3-11-4-7(5)9/h3-4,10H,2H2,1H3. The van der Waals surface area contributed by atoms with Crippen LogP contribution >= 0.6 is 23.2 Å². The van der Waals surface area contributed by atoms with Gasteiger partial charge in [-0.15, -0.1) is 0 Å². The number of nitrogens with one attached hydrogen (secondary N) is 1. The Morgan fingerprint density at radius 1 is 1.36 bits per heavy atom. The van der Waals surface area contributed by atoms with Gasteiger partial charge in [-0.3, -0.25) is 4.98 Å². The molecule has 1 rings (SSSR count). The third kappa shape index (κ3) is 2.06. The van der Waals surface area contributed by atoms with Crippen LogP contribution in [0.15, 0.2) is 12.4 Å². The van der Waals surface area contributed by atoms with Crippen LogP contribution in [0.2, 0.25) is 10.0 Å². The Labute approximate surface area is 75.5 Å². The van der Waals surface area contributed by atoms with Gasteiger partial charge in [0.2, 0.25) is 0 Å². The molecule has 0 saturated carbocycles. The number of rotatable bonds is 2. The van der Waals surface area contributed by atoms with Gasteiger partial charge in [0.15, 0.2) is 0 Å². The molecule has 2 nitrogen and oxygen atoms in total. The lowest BCUT2D eigenvalue weighted by atomic mass is 10.3. The second-order valence-corrected chi connectivity index (χ2v) is 2.93. The maximum Gasteiger partial charge on any atom is 0.0649 e. The first-order chi connectivity index (χ1) is 5.25. The minimum Gasteiger partial charge on any atom is -0.316 e. The zero-order chi connectivity index (χ0) is 8.27. The lowest BCUT2D eigenvalue weighted by Crippen LogP contribution is -2.06. The van der Waals surface area contributed by atoms with Crippen molar-refractivity contribution in [1.82, 2.24) is 10.3 Å². The summed E-state index contributed by atoms with van der Waals surface area (Å²) in [5.74, 6) is 0. The Morgan fingerprint density at radius 3 is 2.36 bits per heavy atom. The average molecular weight is 191 g/mol. The summed E-state index contributed by atoms with van der Waals surface area (Å²) in [5.41, 5.74) is 0.894.